The van der Waals surface area contributed by atoms with Crippen molar-refractivity contribution in [3.05, 3.63) is 70.2 Å². The van der Waals surface area contributed by atoms with Crippen LogP contribution in [0.15, 0.2) is 48.5 Å². The number of halogens is 1. The van der Waals surface area contributed by atoms with Gasteiger partial charge < -0.3 is 20.9 Å². The SMILES string of the molecule is CN(C)CCNC(=O)c1cccc(CNC(=O)NCc2ccccc2Cl)c1. The molecule has 2 aromatic carbocycles. The monoisotopic (exact) mass is 388 g/mol. The lowest BCUT2D eigenvalue weighted by molar-refractivity contribution is 0.0951. The number of rotatable bonds is 8. The van der Waals surface area contributed by atoms with Crippen LogP contribution in [-0.2, 0) is 13.1 Å². The van der Waals surface area contributed by atoms with Gasteiger partial charge in [0.05, 0.1) is 0 Å². The largest absolute Gasteiger partial charge is 0.351 e. The van der Waals surface area contributed by atoms with E-state index in [9.17, 15) is 9.59 Å². The maximum Gasteiger partial charge on any atom is 0.315 e. The topological polar surface area (TPSA) is 73.5 Å². The molecule has 0 aliphatic heterocycles. The van der Waals surface area contributed by atoms with E-state index in [0.29, 0.717) is 30.2 Å². The van der Waals surface area contributed by atoms with E-state index in [1.54, 1.807) is 24.3 Å². The van der Waals surface area contributed by atoms with Gasteiger partial charge in [0, 0.05) is 36.8 Å². The van der Waals surface area contributed by atoms with Gasteiger partial charge in [-0.2, -0.15) is 0 Å². The number of hydrogen-bond acceptors (Lipinski definition) is 3. The maximum absolute atomic E-state index is 12.2. The molecule has 0 spiro atoms. The van der Waals surface area contributed by atoms with Crippen molar-refractivity contribution in [1.82, 2.24) is 20.9 Å². The Morgan fingerprint density at radius 2 is 1.70 bits per heavy atom. The Labute approximate surface area is 164 Å². The van der Waals surface area contributed by atoms with Crippen molar-refractivity contribution in [1.29, 1.82) is 0 Å². The third-order valence-corrected chi connectivity index (χ3v) is 4.25. The second-order valence-corrected chi connectivity index (χ2v) is 6.79. The van der Waals surface area contributed by atoms with Crippen molar-refractivity contribution in [3.8, 4) is 0 Å². The summed E-state index contributed by atoms with van der Waals surface area (Å²) in [6.45, 7) is 2.03. The van der Waals surface area contributed by atoms with Crippen molar-refractivity contribution in [2.75, 3.05) is 27.2 Å². The normalized spacial score (nSPS) is 10.5. The molecule has 27 heavy (non-hydrogen) atoms. The van der Waals surface area contributed by atoms with E-state index in [1.165, 1.54) is 0 Å². The molecule has 0 aliphatic carbocycles. The third-order valence-electron chi connectivity index (χ3n) is 3.88. The van der Waals surface area contributed by atoms with Crippen molar-refractivity contribution >= 4 is 23.5 Å². The molecule has 0 unspecified atom stereocenters. The highest BCUT2D eigenvalue weighted by molar-refractivity contribution is 6.31. The van der Waals surface area contributed by atoms with Gasteiger partial charge in [-0.15, -0.1) is 0 Å². The molecule has 2 aromatic rings. The van der Waals surface area contributed by atoms with Gasteiger partial charge in [0.2, 0.25) is 0 Å². The molecule has 6 nitrogen and oxygen atoms in total. The molecule has 0 aliphatic rings. The van der Waals surface area contributed by atoms with Crippen molar-refractivity contribution in [3.63, 3.8) is 0 Å². The molecule has 144 valence electrons. The zero-order chi connectivity index (χ0) is 19.6. The minimum Gasteiger partial charge on any atom is -0.351 e. The number of hydrogen-bond donors (Lipinski definition) is 3. The molecule has 7 heteroatoms. The molecule has 0 aromatic heterocycles. The van der Waals surface area contributed by atoms with Gasteiger partial charge in [0.25, 0.3) is 5.91 Å². The number of carbonyl (C=O) groups is 2. The van der Waals surface area contributed by atoms with E-state index in [0.717, 1.165) is 17.7 Å². The summed E-state index contributed by atoms with van der Waals surface area (Å²) in [6, 6.07) is 14.3. The fourth-order valence-electron chi connectivity index (χ4n) is 2.38. The number of nitrogens with one attached hydrogen (secondary N) is 3. The highest BCUT2D eigenvalue weighted by Crippen LogP contribution is 2.14. The number of carbonyl (C=O) groups excluding carboxylic acids is 2. The van der Waals surface area contributed by atoms with Gasteiger partial charge in [0.15, 0.2) is 0 Å². The average Bonchev–Trinajstić information content (AvgIpc) is 2.65. The molecular weight excluding hydrogens is 364 g/mol. The zero-order valence-electron chi connectivity index (χ0n) is 15.6. The van der Waals surface area contributed by atoms with Crippen LogP contribution in [0.5, 0.6) is 0 Å². The lowest BCUT2D eigenvalue weighted by Gasteiger charge is -2.11. The lowest BCUT2D eigenvalue weighted by atomic mass is 10.1. The predicted molar refractivity (Wildman–Crippen MR) is 108 cm³/mol. The summed E-state index contributed by atoms with van der Waals surface area (Å²) in [5.41, 5.74) is 2.28. The van der Waals surface area contributed by atoms with Crippen LogP contribution in [0.25, 0.3) is 0 Å². The molecule has 3 amide bonds. The molecular formula is C20H25ClN4O2. The number of likely N-dealkylation sites (N-methyl/N-ethyl adjacent to an activating group) is 1. The Balaban J connectivity index is 1.80. The lowest BCUT2D eigenvalue weighted by Crippen LogP contribution is -2.34. The van der Waals surface area contributed by atoms with Gasteiger partial charge >= 0.3 is 6.03 Å². The second kappa shape index (κ2) is 10.5. The van der Waals surface area contributed by atoms with E-state index in [-0.39, 0.29) is 11.9 Å². The quantitative estimate of drug-likeness (QED) is 0.650. The minimum atomic E-state index is -0.296. The van der Waals surface area contributed by atoms with Gasteiger partial charge in [-0.1, -0.05) is 41.9 Å². The van der Waals surface area contributed by atoms with Crippen LogP contribution in [0.4, 0.5) is 4.79 Å². The van der Waals surface area contributed by atoms with Gasteiger partial charge in [0.1, 0.15) is 0 Å². The van der Waals surface area contributed by atoms with Crippen molar-refractivity contribution in [2.24, 2.45) is 0 Å². The first-order valence-corrected chi connectivity index (χ1v) is 9.10. The summed E-state index contributed by atoms with van der Waals surface area (Å²) in [5.74, 6) is -0.123. The van der Waals surface area contributed by atoms with Crippen LogP contribution in [0, 0.1) is 0 Å². The molecule has 0 fully saturated rings. The molecule has 2 rings (SSSR count). The van der Waals surface area contributed by atoms with Crippen LogP contribution in [0.2, 0.25) is 5.02 Å². The molecule has 0 heterocycles. The van der Waals surface area contributed by atoms with E-state index < -0.39 is 0 Å². The van der Waals surface area contributed by atoms with Crippen LogP contribution in [0.3, 0.4) is 0 Å². The fraction of sp³-hybridized carbons (Fsp3) is 0.300. The summed E-state index contributed by atoms with van der Waals surface area (Å²) >= 11 is 6.07. The van der Waals surface area contributed by atoms with Crippen LogP contribution in [0.1, 0.15) is 21.5 Å². The molecule has 3 N–H and O–H groups in total. The second-order valence-electron chi connectivity index (χ2n) is 6.39. The standard InChI is InChI=1S/C20H25ClN4O2/c1-25(2)11-10-22-19(26)16-8-5-6-15(12-16)13-23-20(27)24-14-17-7-3-4-9-18(17)21/h3-9,12H,10-11,13-14H2,1-2H3,(H,22,26)(H2,23,24,27). The highest BCUT2D eigenvalue weighted by Gasteiger charge is 2.07. The molecule has 0 radical (unpaired) electrons. The van der Waals surface area contributed by atoms with E-state index in [1.807, 2.05) is 43.3 Å². The Bertz CT molecular complexity index is 780. The summed E-state index contributed by atoms with van der Waals surface area (Å²) in [7, 11) is 3.91. The summed E-state index contributed by atoms with van der Waals surface area (Å²) < 4.78 is 0. The number of urea groups is 1. The first-order chi connectivity index (χ1) is 13.0. The summed E-state index contributed by atoms with van der Waals surface area (Å²) in [4.78, 5) is 26.1. The number of benzene rings is 2. The van der Waals surface area contributed by atoms with E-state index in [4.69, 9.17) is 11.6 Å². The molecule has 0 saturated carbocycles. The van der Waals surface area contributed by atoms with Gasteiger partial charge in [-0.05, 0) is 43.4 Å². The van der Waals surface area contributed by atoms with Crippen molar-refractivity contribution < 1.29 is 9.59 Å². The fourth-order valence-corrected chi connectivity index (χ4v) is 2.58. The summed E-state index contributed by atoms with van der Waals surface area (Å²) in [6.07, 6.45) is 0. The van der Waals surface area contributed by atoms with Crippen LogP contribution in [-0.4, -0.2) is 44.0 Å². The molecule has 0 atom stereocenters. The Morgan fingerprint density at radius 3 is 2.44 bits per heavy atom. The Hall–Kier alpha value is -2.57. The first-order valence-electron chi connectivity index (χ1n) is 8.72. The first kappa shape index (κ1) is 20.7. The van der Waals surface area contributed by atoms with Crippen LogP contribution >= 0.6 is 11.6 Å². The predicted octanol–water partition coefficient (Wildman–Crippen LogP) is 2.63. The Kier molecular flexibility index (Phi) is 8.10. The smallest absolute Gasteiger partial charge is 0.315 e. The van der Waals surface area contributed by atoms with Crippen LogP contribution < -0.4 is 16.0 Å². The maximum atomic E-state index is 12.2. The minimum absolute atomic E-state index is 0.123. The molecule has 0 saturated heterocycles. The van der Waals surface area contributed by atoms with Gasteiger partial charge in [-0.25, -0.2) is 4.79 Å². The van der Waals surface area contributed by atoms with E-state index >= 15 is 0 Å². The average molecular weight is 389 g/mol. The Morgan fingerprint density at radius 1 is 0.963 bits per heavy atom. The van der Waals surface area contributed by atoms with Crippen molar-refractivity contribution in [2.45, 2.75) is 13.1 Å². The molecule has 0 bridgehead atoms. The summed E-state index contributed by atoms with van der Waals surface area (Å²) in [5, 5.41) is 9.04. The highest BCUT2D eigenvalue weighted by atomic mass is 35.5. The number of nitrogens with zero attached hydrogens (tertiary/aromatic N) is 1. The zero-order valence-corrected chi connectivity index (χ0v) is 16.3. The number of amides is 3. The van der Waals surface area contributed by atoms with Gasteiger partial charge in [-0.3, -0.25) is 4.79 Å². The third kappa shape index (κ3) is 7.29. The van der Waals surface area contributed by atoms with E-state index in [2.05, 4.69) is 16.0 Å².